The summed E-state index contributed by atoms with van der Waals surface area (Å²) in [5.41, 5.74) is 1.15. The average molecular weight is 490 g/mol. The van der Waals surface area contributed by atoms with Gasteiger partial charge in [-0.05, 0) is 31.0 Å². The molecule has 0 amide bonds. The lowest BCUT2D eigenvalue weighted by molar-refractivity contribution is -0.142. The maximum Gasteiger partial charge on any atom is 0.401 e. The molecule has 1 aromatic carbocycles. The number of nitrogens with one attached hydrogen (secondary N) is 1. The van der Waals surface area contributed by atoms with Crippen LogP contribution in [0, 0.1) is 0 Å². The van der Waals surface area contributed by atoms with Crippen LogP contribution in [0.4, 0.5) is 13.2 Å². The van der Waals surface area contributed by atoms with Crippen molar-refractivity contribution in [3.05, 3.63) is 29.8 Å². The second-order valence-electron chi connectivity index (χ2n) is 5.53. The molecule has 0 spiro atoms. The summed E-state index contributed by atoms with van der Waals surface area (Å²) in [5.74, 6) is 0.657. The van der Waals surface area contributed by atoms with Gasteiger partial charge in [0.1, 0.15) is 0 Å². The fraction of sp³-hybridized carbons (Fsp3) is 0.562. The van der Waals surface area contributed by atoms with Crippen LogP contribution in [0.25, 0.3) is 0 Å². The number of thioether (sulfide) groups is 1. The van der Waals surface area contributed by atoms with Crippen LogP contribution >= 0.6 is 35.7 Å². The molecule has 0 radical (unpaired) electrons. The zero-order valence-corrected chi connectivity index (χ0v) is 18.1. The summed E-state index contributed by atoms with van der Waals surface area (Å²) in [7, 11) is 5.02. The molecule has 0 bridgehead atoms. The van der Waals surface area contributed by atoms with Gasteiger partial charge in [0.25, 0.3) is 0 Å². The van der Waals surface area contributed by atoms with Crippen LogP contribution in [-0.2, 0) is 6.54 Å². The molecule has 0 saturated carbocycles. The number of guanidine groups is 1. The van der Waals surface area contributed by atoms with Gasteiger partial charge in [-0.15, -0.1) is 35.7 Å². The molecule has 0 aliphatic rings. The molecular formula is C16H26F3IN4S. The van der Waals surface area contributed by atoms with E-state index < -0.39 is 12.7 Å². The van der Waals surface area contributed by atoms with Crippen LogP contribution in [-0.4, -0.2) is 69.0 Å². The highest BCUT2D eigenvalue weighted by Gasteiger charge is 2.28. The van der Waals surface area contributed by atoms with E-state index in [2.05, 4.69) is 34.6 Å². The number of benzene rings is 1. The molecule has 4 nitrogen and oxygen atoms in total. The second-order valence-corrected chi connectivity index (χ2v) is 6.41. The fourth-order valence-electron chi connectivity index (χ4n) is 2.21. The highest BCUT2D eigenvalue weighted by Crippen LogP contribution is 2.16. The number of halogens is 4. The zero-order chi connectivity index (χ0) is 18.2. The van der Waals surface area contributed by atoms with Gasteiger partial charge in [0.15, 0.2) is 5.96 Å². The highest BCUT2D eigenvalue weighted by molar-refractivity contribution is 14.0. The number of alkyl halides is 3. The van der Waals surface area contributed by atoms with Crippen LogP contribution in [0.2, 0.25) is 0 Å². The van der Waals surface area contributed by atoms with Gasteiger partial charge < -0.3 is 10.2 Å². The maximum atomic E-state index is 12.3. The minimum Gasteiger partial charge on any atom is -0.355 e. The Balaban J connectivity index is 0.00000576. The third-order valence-corrected chi connectivity index (χ3v) is 4.12. The van der Waals surface area contributed by atoms with Gasteiger partial charge in [0.2, 0.25) is 0 Å². The van der Waals surface area contributed by atoms with E-state index in [0.29, 0.717) is 19.0 Å². The van der Waals surface area contributed by atoms with Crippen molar-refractivity contribution in [1.82, 2.24) is 15.1 Å². The van der Waals surface area contributed by atoms with Crippen molar-refractivity contribution in [3.63, 3.8) is 0 Å². The maximum absolute atomic E-state index is 12.3. The number of aliphatic imine (C=N–C) groups is 1. The quantitative estimate of drug-likeness (QED) is 0.274. The van der Waals surface area contributed by atoms with E-state index in [0.717, 1.165) is 5.56 Å². The number of rotatable bonds is 7. The fourth-order valence-corrected chi connectivity index (χ4v) is 2.62. The number of nitrogens with zero attached hydrogens (tertiary/aromatic N) is 3. The van der Waals surface area contributed by atoms with E-state index in [-0.39, 0.29) is 30.5 Å². The number of hydrogen-bond acceptors (Lipinski definition) is 3. The summed E-state index contributed by atoms with van der Waals surface area (Å²) in [4.78, 5) is 8.56. The predicted molar refractivity (Wildman–Crippen MR) is 110 cm³/mol. The molecule has 0 saturated heterocycles. The first-order valence-electron chi connectivity index (χ1n) is 7.55. The predicted octanol–water partition coefficient (Wildman–Crippen LogP) is 3.53. The summed E-state index contributed by atoms with van der Waals surface area (Å²) in [6.45, 7) is 0.446. The highest BCUT2D eigenvalue weighted by atomic mass is 127. The third kappa shape index (κ3) is 10.1. The molecule has 0 heterocycles. The third-order valence-electron chi connectivity index (χ3n) is 3.38. The lowest BCUT2D eigenvalue weighted by Crippen LogP contribution is -2.43. The second kappa shape index (κ2) is 11.8. The standard InChI is InChI=1S/C16H25F3N4S.HI/c1-20-15(21-9-10-22(2)12-16(17,18)19)23(3)11-13-5-7-14(24-4)8-6-13;/h5-8H,9-12H2,1-4H3,(H,20,21);1H. The molecule has 0 unspecified atom stereocenters. The molecule has 25 heavy (non-hydrogen) atoms. The minimum atomic E-state index is -4.17. The van der Waals surface area contributed by atoms with E-state index in [1.807, 2.05) is 18.2 Å². The largest absolute Gasteiger partial charge is 0.401 e. The Hall–Kier alpha value is -0.680. The Morgan fingerprint density at radius 3 is 2.28 bits per heavy atom. The molecule has 1 N–H and O–H groups in total. The van der Waals surface area contributed by atoms with Crippen molar-refractivity contribution < 1.29 is 13.2 Å². The molecule has 1 aromatic rings. The molecule has 0 atom stereocenters. The zero-order valence-electron chi connectivity index (χ0n) is 14.9. The van der Waals surface area contributed by atoms with E-state index in [1.165, 1.54) is 16.8 Å². The van der Waals surface area contributed by atoms with Crippen molar-refractivity contribution in [2.75, 3.05) is 47.0 Å². The first-order chi connectivity index (χ1) is 11.2. The van der Waals surface area contributed by atoms with Crippen molar-refractivity contribution in [3.8, 4) is 0 Å². The van der Waals surface area contributed by atoms with Crippen LogP contribution in [0.5, 0.6) is 0 Å². The topological polar surface area (TPSA) is 30.9 Å². The van der Waals surface area contributed by atoms with E-state index in [9.17, 15) is 13.2 Å². The Bertz CT molecular complexity index is 523. The van der Waals surface area contributed by atoms with Crippen LogP contribution in [0.15, 0.2) is 34.2 Å². The first kappa shape index (κ1) is 24.3. The van der Waals surface area contributed by atoms with Crippen molar-refractivity contribution in [2.24, 2.45) is 4.99 Å². The monoisotopic (exact) mass is 490 g/mol. The smallest absolute Gasteiger partial charge is 0.355 e. The van der Waals surface area contributed by atoms with Crippen molar-refractivity contribution in [1.29, 1.82) is 0 Å². The summed E-state index contributed by atoms with van der Waals surface area (Å²) >= 11 is 1.69. The first-order valence-corrected chi connectivity index (χ1v) is 8.77. The SMILES string of the molecule is CN=C(NCCN(C)CC(F)(F)F)N(C)Cc1ccc(SC)cc1.I. The van der Waals surface area contributed by atoms with Crippen molar-refractivity contribution in [2.45, 2.75) is 17.6 Å². The van der Waals surface area contributed by atoms with Crippen LogP contribution < -0.4 is 5.32 Å². The molecule has 0 fully saturated rings. The molecule has 9 heteroatoms. The summed E-state index contributed by atoms with van der Waals surface area (Å²) in [5, 5.41) is 3.09. The van der Waals surface area contributed by atoms with E-state index >= 15 is 0 Å². The molecule has 0 aliphatic carbocycles. The van der Waals surface area contributed by atoms with Gasteiger partial charge in [-0.25, -0.2) is 0 Å². The van der Waals surface area contributed by atoms with Crippen LogP contribution in [0.1, 0.15) is 5.56 Å². The number of likely N-dealkylation sites (N-methyl/N-ethyl adjacent to an activating group) is 1. The van der Waals surface area contributed by atoms with Gasteiger partial charge in [0.05, 0.1) is 6.54 Å². The lowest BCUT2D eigenvalue weighted by Gasteiger charge is -2.24. The molecule has 144 valence electrons. The van der Waals surface area contributed by atoms with E-state index in [4.69, 9.17) is 0 Å². The molecule has 0 aliphatic heterocycles. The Kier molecular flexibility index (Phi) is 11.5. The average Bonchev–Trinajstić information content (AvgIpc) is 2.50. The Labute approximate surface area is 169 Å². The molecule has 0 aromatic heterocycles. The molecule has 1 rings (SSSR count). The van der Waals surface area contributed by atoms with Gasteiger partial charge in [-0.2, -0.15) is 13.2 Å². The summed E-state index contributed by atoms with van der Waals surface area (Å²) < 4.78 is 36.9. The Morgan fingerprint density at radius 2 is 1.80 bits per heavy atom. The van der Waals surface area contributed by atoms with Gasteiger partial charge in [-0.3, -0.25) is 9.89 Å². The summed E-state index contributed by atoms with van der Waals surface area (Å²) in [6, 6.07) is 8.26. The molecular weight excluding hydrogens is 464 g/mol. The van der Waals surface area contributed by atoms with Gasteiger partial charge in [-0.1, -0.05) is 12.1 Å². The normalized spacial score (nSPS) is 12.1. The number of hydrogen-bond donors (Lipinski definition) is 1. The Morgan fingerprint density at radius 1 is 1.20 bits per heavy atom. The minimum absolute atomic E-state index is 0. The van der Waals surface area contributed by atoms with Gasteiger partial charge >= 0.3 is 6.18 Å². The van der Waals surface area contributed by atoms with E-state index in [1.54, 1.807) is 18.8 Å². The lowest BCUT2D eigenvalue weighted by atomic mass is 10.2. The van der Waals surface area contributed by atoms with Crippen LogP contribution in [0.3, 0.4) is 0 Å². The van der Waals surface area contributed by atoms with Gasteiger partial charge in [0, 0.05) is 38.6 Å². The van der Waals surface area contributed by atoms with Crippen molar-refractivity contribution >= 4 is 41.7 Å². The summed E-state index contributed by atoms with van der Waals surface area (Å²) in [6.07, 6.45) is -2.14.